The van der Waals surface area contributed by atoms with E-state index in [1.54, 1.807) is 0 Å². The zero-order valence-electron chi connectivity index (χ0n) is 10.8. The fourth-order valence-corrected chi connectivity index (χ4v) is 1.89. The predicted octanol–water partition coefficient (Wildman–Crippen LogP) is 3.32. The van der Waals surface area contributed by atoms with E-state index in [0.29, 0.717) is 5.56 Å². The third-order valence-electron chi connectivity index (χ3n) is 2.86. The fraction of sp³-hybridized carbons (Fsp3) is 0.0714. The summed E-state index contributed by atoms with van der Waals surface area (Å²) in [5, 5.41) is 14.4. The number of benzene rings is 2. The third-order valence-corrected chi connectivity index (χ3v) is 3.09. The van der Waals surface area contributed by atoms with Gasteiger partial charge in [0.2, 0.25) is 0 Å². The molecule has 0 saturated heterocycles. The molecule has 4 nitrogen and oxygen atoms in total. The van der Waals surface area contributed by atoms with Gasteiger partial charge in [0, 0.05) is 22.7 Å². The van der Waals surface area contributed by atoms with E-state index in [-0.39, 0.29) is 28.7 Å². The van der Waals surface area contributed by atoms with E-state index in [0.717, 1.165) is 6.07 Å². The number of hydrogen-bond donors (Lipinski definition) is 3. The van der Waals surface area contributed by atoms with Gasteiger partial charge in [-0.1, -0.05) is 28.9 Å². The normalized spacial score (nSPS) is 11.5. The van der Waals surface area contributed by atoms with Gasteiger partial charge in [-0.25, -0.2) is 8.78 Å². The molecular formula is C14H12ClF2N3O. The molecule has 0 unspecified atom stereocenters. The summed E-state index contributed by atoms with van der Waals surface area (Å²) in [6, 6.07) is 8.30. The van der Waals surface area contributed by atoms with Gasteiger partial charge in [-0.2, -0.15) is 0 Å². The monoisotopic (exact) mass is 311 g/mol. The maximum absolute atomic E-state index is 13.9. The van der Waals surface area contributed by atoms with Crippen molar-refractivity contribution in [2.75, 3.05) is 5.32 Å². The maximum Gasteiger partial charge on any atom is 0.170 e. The Morgan fingerprint density at radius 3 is 2.57 bits per heavy atom. The van der Waals surface area contributed by atoms with E-state index in [2.05, 4.69) is 10.5 Å². The predicted molar refractivity (Wildman–Crippen MR) is 77.6 cm³/mol. The second-order valence-corrected chi connectivity index (χ2v) is 4.71. The highest BCUT2D eigenvalue weighted by Gasteiger charge is 2.08. The van der Waals surface area contributed by atoms with Crippen LogP contribution in [0, 0.1) is 11.6 Å². The standard InChI is InChI=1S/C14H12ClF2N3O/c15-10-3-4-13(12(17)6-10)19-7-9-2-1-8(5-11(9)16)14(18)20-21/h1-6,19,21H,7H2,(H2,18,20). The second kappa shape index (κ2) is 6.41. The van der Waals surface area contributed by atoms with Gasteiger partial charge in [0.1, 0.15) is 11.6 Å². The molecule has 0 fully saturated rings. The number of nitrogens with two attached hydrogens (primary N) is 1. The summed E-state index contributed by atoms with van der Waals surface area (Å²) in [7, 11) is 0. The summed E-state index contributed by atoms with van der Waals surface area (Å²) in [5.41, 5.74) is 6.17. The van der Waals surface area contributed by atoms with E-state index >= 15 is 0 Å². The quantitative estimate of drug-likeness (QED) is 0.351. The fourth-order valence-electron chi connectivity index (χ4n) is 1.73. The summed E-state index contributed by atoms with van der Waals surface area (Å²) >= 11 is 5.65. The van der Waals surface area contributed by atoms with Gasteiger partial charge < -0.3 is 16.3 Å². The van der Waals surface area contributed by atoms with E-state index < -0.39 is 11.6 Å². The molecule has 2 aromatic rings. The van der Waals surface area contributed by atoms with E-state index in [9.17, 15) is 8.78 Å². The van der Waals surface area contributed by atoms with Crippen LogP contribution in [0.5, 0.6) is 0 Å². The van der Waals surface area contributed by atoms with Gasteiger partial charge in [0.15, 0.2) is 5.84 Å². The highest BCUT2D eigenvalue weighted by atomic mass is 35.5. The van der Waals surface area contributed by atoms with Crippen molar-refractivity contribution in [1.82, 2.24) is 0 Å². The van der Waals surface area contributed by atoms with Crippen LogP contribution in [0.2, 0.25) is 5.02 Å². The molecule has 21 heavy (non-hydrogen) atoms. The van der Waals surface area contributed by atoms with Gasteiger partial charge in [-0.05, 0) is 24.3 Å². The molecule has 0 aliphatic rings. The zero-order chi connectivity index (χ0) is 15.4. The Balaban J connectivity index is 2.13. The first-order valence-corrected chi connectivity index (χ1v) is 6.34. The van der Waals surface area contributed by atoms with E-state index in [1.165, 1.54) is 30.3 Å². The van der Waals surface area contributed by atoms with Crippen LogP contribution in [0.3, 0.4) is 0 Å². The minimum Gasteiger partial charge on any atom is -0.409 e. The lowest BCUT2D eigenvalue weighted by Gasteiger charge is -2.09. The summed E-state index contributed by atoms with van der Waals surface area (Å²) < 4.78 is 27.4. The van der Waals surface area contributed by atoms with Gasteiger partial charge in [0.05, 0.1) is 5.69 Å². The average molecular weight is 312 g/mol. The molecule has 0 aliphatic heterocycles. The molecule has 7 heteroatoms. The Hall–Kier alpha value is -2.34. The molecule has 0 radical (unpaired) electrons. The summed E-state index contributed by atoms with van der Waals surface area (Å²) in [5.74, 6) is -1.24. The Morgan fingerprint density at radius 2 is 1.95 bits per heavy atom. The van der Waals surface area contributed by atoms with Crippen LogP contribution in [-0.2, 0) is 6.54 Å². The summed E-state index contributed by atoms with van der Waals surface area (Å²) in [4.78, 5) is 0. The van der Waals surface area contributed by atoms with Crippen molar-refractivity contribution < 1.29 is 14.0 Å². The number of oxime groups is 1. The number of nitrogens with one attached hydrogen (secondary N) is 1. The van der Waals surface area contributed by atoms with Crippen molar-refractivity contribution in [2.24, 2.45) is 10.9 Å². The molecule has 0 amide bonds. The van der Waals surface area contributed by atoms with E-state index in [1.807, 2.05) is 0 Å². The Bertz CT molecular complexity index is 692. The third kappa shape index (κ3) is 3.61. The first-order chi connectivity index (χ1) is 10.0. The van der Waals surface area contributed by atoms with Gasteiger partial charge in [-0.3, -0.25) is 0 Å². The van der Waals surface area contributed by atoms with Crippen LogP contribution in [0.4, 0.5) is 14.5 Å². The second-order valence-electron chi connectivity index (χ2n) is 4.27. The smallest absolute Gasteiger partial charge is 0.170 e. The van der Waals surface area contributed by atoms with Crippen LogP contribution in [0.1, 0.15) is 11.1 Å². The lowest BCUT2D eigenvalue weighted by atomic mass is 10.1. The molecule has 0 atom stereocenters. The molecule has 0 spiro atoms. The lowest BCUT2D eigenvalue weighted by molar-refractivity contribution is 0.318. The highest BCUT2D eigenvalue weighted by Crippen LogP contribution is 2.20. The first-order valence-electron chi connectivity index (χ1n) is 5.96. The topological polar surface area (TPSA) is 70.6 Å². The zero-order valence-corrected chi connectivity index (χ0v) is 11.5. The molecule has 0 saturated carbocycles. The molecular weight excluding hydrogens is 300 g/mol. The van der Waals surface area contributed by atoms with Crippen LogP contribution in [0.15, 0.2) is 41.6 Å². The van der Waals surface area contributed by atoms with E-state index in [4.69, 9.17) is 22.5 Å². The first kappa shape index (κ1) is 15.1. The molecule has 2 rings (SSSR count). The van der Waals surface area contributed by atoms with Crippen LogP contribution >= 0.6 is 11.6 Å². The Kier molecular flexibility index (Phi) is 4.59. The Labute approximate surface area is 124 Å². The van der Waals surface area contributed by atoms with Crippen LogP contribution in [0.25, 0.3) is 0 Å². The molecule has 110 valence electrons. The van der Waals surface area contributed by atoms with Gasteiger partial charge >= 0.3 is 0 Å². The average Bonchev–Trinajstić information content (AvgIpc) is 2.46. The minimum atomic E-state index is -0.541. The summed E-state index contributed by atoms with van der Waals surface area (Å²) in [6.07, 6.45) is 0. The number of nitrogens with zero attached hydrogens (tertiary/aromatic N) is 1. The number of rotatable bonds is 4. The van der Waals surface area contributed by atoms with Crippen LogP contribution < -0.4 is 11.1 Å². The molecule has 4 N–H and O–H groups in total. The maximum atomic E-state index is 13.9. The van der Waals surface area contributed by atoms with Crippen molar-refractivity contribution in [3.63, 3.8) is 0 Å². The highest BCUT2D eigenvalue weighted by molar-refractivity contribution is 6.30. The molecule has 2 aromatic carbocycles. The van der Waals surface area contributed by atoms with Gasteiger partial charge in [0.25, 0.3) is 0 Å². The number of hydrogen-bond acceptors (Lipinski definition) is 3. The summed E-state index contributed by atoms with van der Waals surface area (Å²) in [6.45, 7) is 0.0842. The number of amidine groups is 1. The molecule has 0 aliphatic carbocycles. The SMILES string of the molecule is NC(=NO)c1ccc(CNc2ccc(Cl)cc2F)c(F)c1. The number of anilines is 1. The molecule has 0 bridgehead atoms. The van der Waals surface area contributed by atoms with Crippen molar-refractivity contribution in [3.8, 4) is 0 Å². The van der Waals surface area contributed by atoms with Crippen molar-refractivity contribution >= 4 is 23.1 Å². The van der Waals surface area contributed by atoms with Crippen LogP contribution in [-0.4, -0.2) is 11.0 Å². The lowest BCUT2D eigenvalue weighted by Crippen LogP contribution is -2.14. The molecule has 0 aromatic heterocycles. The van der Waals surface area contributed by atoms with Gasteiger partial charge in [-0.15, -0.1) is 0 Å². The molecule has 0 heterocycles. The van der Waals surface area contributed by atoms with Crippen molar-refractivity contribution in [3.05, 3.63) is 64.2 Å². The largest absolute Gasteiger partial charge is 0.409 e. The van der Waals surface area contributed by atoms with Crippen molar-refractivity contribution in [1.29, 1.82) is 0 Å². The Morgan fingerprint density at radius 1 is 1.19 bits per heavy atom. The minimum absolute atomic E-state index is 0.0842. The van der Waals surface area contributed by atoms with Crippen molar-refractivity contribution in [2.45, 2.75) is 6.54 Å². The number of halogens is 3.